The lowest BCUT2D eigenvalue weighted by Crippen LogP contribution is -2.30. The Morgan fingerprint density at radius 2 is 1.56 bits per heavy atom. The molecule has 10 heteroatoms. The average molecular weight is 782 g/mol. The SMILES string of the molecule is CCC(C)CC.CCCC(=O)CCC(C(C)=O)C(C)C(C)C(=O)c1ccc(Cn2ncc3c(-c4ncc(C(F)(F)F)cc4Cl)cc(CCC)cc32)cc1CC. The van der Waals surface area contributed by atoms with Crippen LogP contribution in [-0.4, -0.2) is 32.1 Å². The quantitative estimate of drug-likeness (QED) is 0.0939. The smallest absolute Gasteiger partial charge is 0.300 e. The number of aromatic nitrogens is 3. The number of fused-ring (bicyclic) bond motifs is 1. The fraction of sp³-hybridized carbons (Fsp3) is 0.533. The van der Waals surface area contributed by atoms with Gasteiger partial charge in [0, 0.05) is 47.4 Å². The standard InChI is InChI=1S/C39H45ClF3N3O3.C6H14/c1-7-10-26-17-33(37-35(40)19-29(20-44-37)39(41,42)43)34-21-45-46(36(34)18-26)22-27-12-14-32(28(9-3)16-27)38(49)24(5)23(4)31(25(6)47)15-13-30(48)11-8-2;1-4-6(3)5-2/h12,14,16-21,23-24,31H,7-11,13,15,22H2,1-6H3;6H,4-5H2,1-3H3. The van der Waals surface area contributed by atoms with Crippen molar-refractivity contribution in [2.75, 3.05) is 0 Å². The number of carbonyl (C=O) groups is 3. The first kappa shape index (κ1) is 45.5. The van der Waals surface area contributed by atoms with E-state index in [4.69, 9.17) is 11.6 Å². The van der Waals surface area contributed by atoms with E-state index in [1.54, 1.807) is 6.20 Å². The van der Waals surface area contributed by atoms with Gasteiger partial charge in [0.25, 0.3) is 0 Å². The lowest BCUT2D eigenvalue weighted by atomic mass is 9.75. The van der Waals surface area contributed by atoms with Crippen LogP contribution in [0.2, 0.25) is 5.02 Å². The van der Waals surface area contributed by atoms with Crippen LogP contribution in [0.4, 0.5) is 13.2 Å². The van der Waals surface area contributed by atoms with Gasteiger partial charge in [-0.25, -0.2) is 0 Å². The summed E-state index contributed by atoms with van der Waals surface area (Å²) in [5.74, 6) is 0.0433. The molecule has 0 N–H and O–H groups in total. The number of ketones is 3. The van der Waals surface area contributed by atoms with Crippen LogP contribution in [0.5, 0.6) is 0 Å². The van der Waals surface area contributed by atoms with Gasteiger partial charge in [0.1, 0.15) is 11.6 Å². The molecule has 0 bridgehead atoms. The Kier molecular flexibility index (Phi) is 17.3. The predicted octanol–water partition coefficient (Wildman–Crippen LogP) is 12.6. The van der Waals surface area contributed by atoms with E-state index < -0.39 is 17.7 Å². The minimum Gasteiger partial charge on any atom is -0.300 e. The van der Waals surface area contributed by atoms with E-state index in [9.17, 15) is 27.6 Å². The summed E-state index contributed by atoms with van der Waals surface area (Å²) in [5.41, 5.74) is 4.20. The van der Waals surface area contributed by atoms with Crippen LogP contribution >= 0.6 is 11.6 Å². The van der Waals surface area contributed by atoms with E-state index in [2.05, 4.69) is 37.8 Å². The Balaban J connectivity index is 0.00000125. The molecule has 0 aliphatic rings. The Labute approximate surface area is 330 Å². The highest BCUT2D eigenvalue weighted by Crippen LogP contribution is 2.38. The van der Waals surface area contributed by atoms with Gasteiger partial charge in [-0.1, -0.05) is 104 Å². The van der Waals surface area contributed by atoms with Crippen molar-refractivity contribution in [3.05, 3.63) is 81.6 Å². The average Bonchev–Trinajstić information content (AvgIpc) is 3.55. The van der Waals surface area contributed by atoms with Crippen molar-refractivity contribution in [3.63, 3.8) is 0 Å². The maximum Gasteiger partial charge on any atom is 0.417 e. The lowest BCUT2D eigenvalue weighted by Gasteiger charge is -2.27. The maximum atomic E-state index is 13.8. The Bertz CT molecular complexity index is 1910. The topological polar surface area (TPSA) is 81.9 Å². The number of hydrogen-bond donors (Lipinski definition) is 0. The molecule has 6 nitrogen and oxygen atoms in total. The van der Waals surface area contributed by atoms with Gasteiger partial charge in [0.2, 0.25) is 0 Å². The summed E-state index contributed by atoms with van der Waals surface area (Å²) >= 11 is 6.38. The van der Waals surface area contributed by atoms with Gasteiger partial charge in [-0.05, 0) is 79.3 Å². The number of rotatable bonds is 18. The van der Waals surface area contributed by atoms with Crippen molar-refractivity contribution in [2.24, 2.45) is 23.7 Å². The van der Waals surface area contributed by atoms with E-state index in [0.29, 0.717) is 43.4 Å². The van der Waals surface area contributed by atoms with Gasteiger partial charge in [0.15, 0.2) is 5.78 Å². The number of carbonyl (C=O) groups excluding carboxylic acids is 3. The van der Waals surface area contributed by atoms with Crippen LogP contribution in [0.1, 0.15) is 140 Å². The van der Waals surface area contributed by atoms with Crippen molar-refractivity contribution in [1.82, 2.24) is 14.8 Å². The third-order valence-electron chi connectivity index (χ3n) is 10.9. The van der Waals surface area contributed by atoms with Gasteiger partial charge in [-0.3, -0.25) is 24.0 Å². The third kappa shape index (κ3) is 12.1. The molecule has 0 radical (unpaired) electrons. The molecular formula is C45H59ClF3N3O3. The second-order valence-electron chi connectivity index (χ2n) is 15.0. The Hall–Kier alpha value is -3.85. The second-order valence-corrected chi connectivity index (χ2v) is 15.4. The summed E-state index contributed by atoms with van der Waals surface area (Å²) in [4.78, 5) is 42.7. The molecule has 3 atom stereocenters. The first-order chi connectivity index (χ1) is 26.0. The van der Waals surface area contributed by atoms with E-state index >= 15 is 0 Å². The normalized spacial score (nSPS) is 13.3. The van der Waals surface area contributed by atoms with E-state index in [-0.39, 0.29) is 39.9 Å². The number of hydrogen-bond acceptors (Lipinski definition) is 5. The molecule has 0 saturated carbocycles. The number of halogens is 4. The van der Waals surface area contributed by atoms with Gasteiger partial charge < -0.3 is 0 Å². The van der Waals surface area contributed by atoms with Gasteiger partial charge >= 0.3 is 6.18 Å². The molecule has 2 heterocycles. The number of benzene rings is 2. The highest BCUT2D eigenvalue weighted by atomic mass is 35.5. The van der Waals surface area contributed by atoms with Gasteiger partial charge in [-0.2, -0.15) is 18.3 Å². The van der Waals surface area contributed by atoms with Crippen molar-refractivity contribution in [1.29, 1.82) is 0 Å². The number of pyridine rings is 1. The summed E-state index contributed by atoms with van der Waals surface area (Å²) in [6, 6.07) is 10.6. The molecule has 4 rings (SSSR count). The lowest BCUT2D eigenvalue weighted by molar-refractivity contribution is -0.137. The number of aryl methyl sites for hydroxylation is 2. The molecule has 0 saturated heterocycles. The van der Waals surface area contributed by atoms with Crippen molar-refractivity contribution < 1.29 is 27.6 Å². The molecule has 55 heavy (non-hydrogen) atoms. The number of nitrogens with zero attached hydrogens (tertiary/aromatic N) is 3. The molecule has 2 aromatic heterocycles. The summed E-state index contributed by atoms with van der Waals surface area (Å²) in [5, 5.41) is 5.28. The van der Waals surface area contributed by atoms with E-state index in [1.165, 1.54) is 19.8 Å². The molecule has 2 aromatic carbocycles. The maximum absolute atomic E-state index is 13.8. The highest BCUT2D eigenvalue weighted by Gasteiger charge is 2.33. The Morgan fingerprint density at radius 1 is 0.873 bits per heavy atom. The van der Waals surface area contributed by atoms with E-state index in [1.807, 2.05) is 62.7 Å². The summed E-state index contributed by atoms with van der Waals surface area (Å²) in [6.07, 6.45) is 4.89. The number of alkyl halides is 3. The number of Topliss-reactive ketones (excluding diaryl/α,β-unsaturated/α-hetero) is 3. The molecule has 0 amide bonds. The fourth-order valence-corrected chi connectivity index (χ4v) is 7.18. The predicted molar refractivity (Wildman–Crippen MR) is 218 cm³/mol. The molecular weight excluding hydrogens is 723 g/mol. The van der Waals surface area contributed by atoms with Gasteiger partial charge in [-0.15, -0.1) is 0 Å². The van der Waals surface area contributed by atoms with Crippen molar-refractivity contribution in [2.45, 2.75) is 133 Å². The molecule has 300 valence electrons. The summed E-state index contributed by atoms with van der Waals surface area (Å²) in [7, 11) is 0. The Morgan fingerprint density at radius 3 is 2.11 bits per heavy atom. The second kappa shape index (κ2) is 20.9. The molecule has 0 aliphatic heterocycles. The minimum absolute atomic E-state index is 0.00409. The summed E-state index contributed by atoms with van der Waals surface area (Å²) in [6.45, 7) is 18.5. The van der Waals surface area contributed by atoms with Crippen molar-refractivity contribution in [3.8, 4) is 11.3 Å². The minimum atomic E-state index is -4.56. The van der Waals surface area contributed by atoms with Crippen LogP contribution in [0.25, 0.3) is 22.2 Å². The largest absolute Gasteiger partial charge is 0.417 e. The third-order valence-corrected chi connectivity index (χ3v) is 11.2. The zero-order valence-corrected chi connectivity index (χ0v) is 34.8. The van der Waals surface area contributed by atoms with Crippen LogP contribution in [-0.2, 0) is 35.2 Å². The molecule has 0 spiro atoms. The first-order valence-electron chi connectivity index (χ1n) is 19.9. The molecule has 4 aromatic rings. The van der Waals surface area contributed by atoms with Crippen molar-refractivity contribution >= 4 is 39.9 Å². The van der Waals surface area contributed by atoms with E-state index in [0.717, 1.165) is 65.0 Å². The first-order valence-corrected chi connectivity index (χ1v) is 20.3. The van der Waals surface area contributed by atoms with Crippen LogP contribution in [0.3, 0.4) is 0 Å². The fourth-order valence-electron chi connectivity index (χ4n) is 6.91. The van der Waals surface area contributed by atoms with Gasteiger partial charge in [0.05, 0.1) is 34.5 Å². The molecule has 3 unspecified atom stereocenters. The van der Waals surface area contributed by atoms with Crippen LogP contribution in [0, 0.1) is 23.7 Å². The highest BCUT2D eigenvalue weighted by molar-refractivity contribution is 6.33. The van der Waals surface area contributed by atoms with Crippen LogP contribution in [0.15, 0.2) is 48.8 Å². The van der Waals surface area contributed by atoms with Crippen LogP contribution < -0.4 is 0 Å². The zero-order chi connectivity index (χ0) is 41.0. The molecule has 0 aliphatic carbocycles. The summed E-state index contributed by atoms with van der Waals surface area (Å²) < 4.78 is 41.8. The molecule has 0 fully saturated rings. The zero-order valence-electron chi connectivity index (χ0n) is 34.1. The monoisotopic (exact) mass is 781 g/mol.